The Balaban J connectivity index is 1.57. The predicted octanol–water partition coefficient (Wildman–Crippen LogP) is 3.80. The number of nitrogens with one attached hydrogen (secondary N) is 2. The Labute approximate surface area is 168 Å². The van der Waals surface area contributed by atoms with Crippen LogP contribution in [0.2, 0.25) is 0 Å². The normalized spacial score (nSPS) is 17.6. The first kappa shape index (κ1) is 19.2. The molecule has 1 unspecified atom stereocenters. The highest BCUT2D eigenvalue weighted by molar-refractivity contribution is 9.10. The molecular formula is C19H26BrN5S. The number of thiazole rings is 1. The Bertz CT molecular complexity index is 728. The summed E-state index contributed by atoms with van der Waals surface area (Å²) in [5.41, 5.74) is 1.27. The van der Waals surface area contributed by atoms with E-state index in [2.05, 4.69) is 74.6 Å². The lowest BCUT2D eigenvalue weighted by atomic mass is 10.3. The van der Waals surface area contributed by atoms with Gasteiger partial charge in [-0.1, -0.05) is 22.9 Å². The van der Waals surface area contributed by atoms with Crippen LogP contribution in [0.3, 0.4) is 0 Å². The van der Waals surface area contributed by atoms with Crippen LogP contribution in [0.5, 0.6) is 0 Å². The topological polar surface area (TPSA) is 52.6 Å². The third kappa shape index (κ3) is 5.20. The van der Waals surface area contributed by atoms with E-state index in [-0.39, 0.29) is 0 Å². The summed E-state index contributed by atoms with van der Waals surface area (Å²) in [6.07, 6.45) is 4.11. The molecule has 0 saturated carbocycles. The monoisotopic (exact) mass is 435 g/mol. The van der Waals surface area contributed by atoms with E-state index < -0.39 is 0 Å². The van der Waals surface area contributed by atoms with Gasteiger partial charge in [0.2, 0.25) is 0 Å². The van der Waals surface area contributed by atoms with Crippen molar-refractivity contribution in [2.24, 2.45) is 4.99 Å². The summed E-state index contributed by atoms with van der Waals surface area (Å²) in [7, 11) is 0. The van der Waals surface area contributed by atoms with Crippen LogP contribution in [0.25, 0.3) is 0 Å². The van der Waals surface area contributed by atoms with Gasteiger partial charge in [-0.2, -0.15) is 0 Å². The number of benzene rings is 1. The minimum atomic E-state index is 0.402. The van der Waals surface area contributed by atoms with Gasteiger partial charge in [-0.25, -0.2) is 9.98 Å². The number of nitrogens with zero attached hydrogens (tertiary/aromatic N) is 3. The van der Waals surface area contributed by atoms with E-state index in [9.17, 15) is 0 Å². The molecule has 1 aliphatic heterocycles. The first-order valence-electron chi connectivity index (χ1n) is 9.17. The molecule has 26 heavy (non-hydrogen) atoms. The van der Waals surface area contributed by atoms with E-state index in [0.717, 1.165) is 47.9 Å². The van der Waals surface area contributed by atoms with Crippen LogP contribution >= 0.6 is 27.3 Å². The molecule has 0 aliphatic carbocycles. The van der Waals surface area contributed by atoms with Gasteiger partial charge in [-0.05, 0) is 44.0 Å². The highest BCUT2D eigenvalue weighted by Gasteiger charge is 2.23. The molecule has 0 spiro atoms. The van der Waals surface area contributed by atoms with Gasteiger partial charge in [0, 0.05) is 46.9 Å². The fraction of sp³-hybridized carbons (Fsp3) is 0.474. The fourth-order valence-corrected chi connectivity index (χ4v) is 4.06. The number of guanidine groups is 1. The van der Waals surface area contributed by atoms with Crippen molar-refractivity contribution < 1.29 is 0 Å². The minimum absolute atomic E-state index is 0.402. The van der Waals surface area contributed by atoms with Crippen molar-refractivity contribution in [2.75, 3.05) is 24.5 Å². The van der Waals surface area contributed by atoms with E-state index >= 15 is 0 Å². The maximum Gasteiger partial charge on any atom is 0.191 e. The van der Waals surface area contributed by atoms with Gasteiger partial charge in [0.1, 0.15) is 5.01 Å². The molecule has 1 saturated heterocycles. The molecule has 1 aromatic heterocycles. The number of anilines is 1. The van der Waals surface area contributed by atoms with Gasteiger partial charge in [-0.15, -0.1) is 11.3 Å². The van der Waals surface area contributed by atoms with Crippen LogP contribution in [0.15, 0.2) is 39.9 Å². The Hall–Kier alpha value is -1.60. The van der Waals surface area contributed by atoms with Gasteiger partial charge in [0.25, 0.3) is 0 Å². The SMILES string of the molecule is CCNC(=NCc1ncc(CC)s1)NC1CCN(c2ccc(Br)cc2)C1. The molecule has 1 atom stereocenters. The molecular weight excluding hydrogens is 410 g/mol. The molecule has 1 aliphatic rings. The molecule has 0 radical (unpaired) electrons. The molecule has 7 heteroatoms. The zero-order valence-electron chi connectivity index (χ0n) is 15.3. The molecule has 2 aromatic rings. The van der Waals surface area contributed by atoms with Crippen LogP contribution in [-0.2, 0) is 13.0 Å². The lowest BCUT2D eigenvalue weighted by molar-refractivity contribution is 0.649. The van der Waals surface area contributed by atoms with Crippen LogP contribution in [0, 0.1) is 0 Å². The van der Waals surface area contributed by atoms with Gasteiger partial charge in [0.15, 0.2) is 5.96 Å². The van der Waals surface area contributed by atoms with E-state index in [1.165, 1.54) is 10.6 Å². The number of aliphatic imine (C=N–C) groups is 1. The lowest BCUT2D eigenvalue weighted by Gasteiger charge is -2.20. The van der Waals surface area contributed by atoms with Crippen LogP contribution in [0.4, 0.5) is 5.69 Å². The Kier molecular flexibility index (Phi) is 6.91. The van der Waals surface area contributed by atoms with E-state index in [1.807, 2.05) is 6.20 Å². The average molecular weight is 436 g/mol. The Morgan fingerprint density at radius 1 is 1.35 bits per heavy atom. The highest BCUT2D eigenvalue weighted by Crippen LogP contribution is 2.22. The number of hydrogen-bond donors (Lipinski definition) is 2. The largest absolute Gasteiger partial charge is 0.369 e. The number of halogens is 1. The molecule has 140 valence electrons. The summed E-state index contributed by atoms with van der Waals surface area (Å²) in [6.45, 7) is 7.78. The molecule has 3 rings (SSSR count). The predicted molar refractivity (Wildman–Crippen MR) is 114 cm³/mol. The second-order valence-electron chi connectivity index (χ2n) is 6.32. The number of aromatic nitrogens is 1. The van der Waals surface area contributed by atoms with Crippen LogP contribution in [-0.4, -0.2) is 36.6 Å². The molecule has 0 amide bonds. The third-order valence-electron chi connectivity index (χ3n) is 4.39. The molecule has 2 N–H and O–H groups in total. The van der Waals surface area contributed by atoms with Crippen LogP contribution < -0.4 is 15.5 Å². The minimum Gasteiger partial charge on any atom is -0.369 e. The quantitative estimate of drug-likeness (QED) is 0.534. The zero-order valence-corrected chi connectivity index (χ0v) is 17.7. The number of rotatable bonds is 6. The zero-order chi connectivity index (χ0) is 18.4. The summed E-state index contributed by atoms with van der Waals surface area (Å²) in [6, 6.07) is 8.93. The van der Waals surface area contributed by atoms with Crippen molar-refractivity contribution in [2.45, 2.75) is 39.3 Å². The summed E-state index contributed by atoms with van der Waals surface area (Å²) >= 11 is 5.25. The molecule has 2 heterocycles. The summed E-state index contributed by atoms with van der Waals surface area (Å²) < 4.78 is 1.12. The molecule has 1 fully saturated rings. The Morgan fingerprint density at radius 2 is 2.15 bits per heavy atom. The number of aryl methyl sites for hydroxylation is 1. The maximum absolute atomic E-state index is 4.72. The molecule has 5 nitrogen and oxygen atoms in total. The van der Waals surface area contributed by atoms with Gasteiger partial charge < -0.3 is 15.5 Å². The smallest absolute Gasteiger partial charge is 0.191 e. The third-order valence-corrected chi connectivity index (χ3v) is 6.04. The maximum atomic E-state index is 4.72. The van der Waals surface area contributed by atoms with Gasteiger partial charge >= 0.3 is 0 Å². The van der Waals surface area contributed by atoms with Crippen molar-refractivity contribution in [1.29, 1.82) is 0 Å². The number of hydrogen-bond acceptors (Lipinski definition) is 4. The second kappa shape index (κ2) is 9.37. The first-order chi connectivity index (χ1) is 12.7. The molecule has 1 aromatic carbocycles. The van der Waals surface area contributed by atoms with E-state index in [4.69, 9.17) is 4.99 Å². The van der Waals surface area contributed by atoms with Crippen LogP contribution in [0.1, 0.15) is 30.2 Å². The average Bonchev–Trinajstić information content (AvgIpc) is 3.30. The fourth-order valence-electron chi connectivity index (χ4n) is 3.01. The standard InChI is InChI=1S/C19H26BrN5S/c1-3-17-11-22-18(26-17)12-23-19(21-4-2)24-15-9-10-25(13-15)16-7-5-14(20)6-8-16/h5-8,11,15H,3-4,9-10,12-13H2,1-2H3,(H2,21,23,24). The van der Waals surface area contributed by atoms with Crippen molar-refractivity contribution in [3.05, 3.63) is 44.8 Å². The summed E-state index contributed by atoms with van der Waals surface area (Å²) in [5.74, 6) is 0.878. The van der Waals surface area contributed by atoms with Crippen molar-refractivity contribution in [1.82, 2.24) is 15.6 Å². The molecule has 0 bridgehead atoms. The lowest BCUT2D eigenvalue weighted by Crippen LogP contribution is -2.44. The highest BCUT2D eigenvalue weighted by atomic mass is 79.9. The summed E-state index contributed by atoms with van der Waals surface area (Å²) in [4.78, 5) is 12.9. The first-order valence-corrected chi connectivity index (χ1v) is 10.8. The van der Waals surface area contributed by atoms with E-state index in [0.29, 0.717) is 12.6 Å². The van der Waals surface area contributed by atoms with E-state index in [1.54, 1.807) is 11.3 Å². The Morgan fingerprint density at radius 3 is 2.85 bits per heavy atom. The van der Waals surface area contributed by atoms with Crippen molar-refractivity contribution in [3.8, 4) is 0 Å². The van der Waals surface area contributed by atoms with Gasteiger partial charge in [-0.3, -0.25) is 0 Å². The van der Waals surface area contributed by atoms with Crippen molar-refractivity contribution in [3.63, 3.8) is 0 Å². The van der Waals surface area contributed by atoms with Crippen molar-refractivity contribution >= 4 is 38.9 Å². The second-order valence-corrected chi connectivity index (χ2v) is 8.44. The van der Waals surface area contributed by atoms with Gasteiger partial charge in [0.05, 0.1) is 6.54 Å². The summed E-state index contributed by atoms with van der Waals surface area (Å²) in [5, 5.41) is 8.01.